The maximum atomic E-state index is 11.2. The molecule has 1 aromatic carbocycles. The van der Waals surface area contributed by atoms with E-state index in [1.807, 2.05) is 36.8 Å². The third-order valence-corrected chi connectivity index (χ3v) is 4.10. The number of esters is 1. The normalized spacial score (nSPS) is 11.0. The lowest BCUT2D eigenvalue weighted by Crippen LogP contribution is -2.27. The van der Waals surface area contributed by atoms with Gasteiger partial charge in [-0.3, -0.25) is 4.79 Å². The first kappa shape index (κ1) is 18.0. The molecule has 0 aliphatic carbocycles. The van der Waals surface area contributed by atoms with Gasteiger partial charge in [0, 0.05) is 23.8 Å². The Morgan fingerprint density at radius 2 is 2.04 bits per heavy atom. The fraction of sp³-hybridized carbons (Fsp3) is 0.438. The molecule has 0 fully saturated rings. The average molecular weight is 348 g/mol. The van der Waals surface area contributed by atoms with Gasteiger partial charge in [-0.25, -0.2) is 0 Å². The Morgan fingerprint density at radius 1 is 1.29 bits per heavy atom. The monoisotopic (exact) mass is 348 g/mol. The SMILES string of the molecule is CCC(=O)OCCN(CC)c1ccc(/N=N/c2n[n+](C)cs2)cc1. The molecule has 0 radical (unpaired) electrons. The van der Waals surface area contributed by atoms with Crippen molar-refractivity contribution < 1.29 is 14.2 Å². The number of carbonyl (C=O) groups is 1. The van der Waals surface area contributed by atoms with Gasteiger partial charge >= 0.3 is 5.97 Å². The van der Waals surface area contributed by atoms with E-state index in [0.29, 0.717) is 24.7 Å². The van der Waals surface area contributed by atoms with Crippen LogP contribution in [0.1, 0.15) is 20.3 Å². The van der Waals surface area contributed by atoms with Crippen molar-refractivity contribution in [2.24, 2.45) is 17.3 Å². The van der Waals surface area contributed by atoms with E-state index in [2.05, 4.69) is 27.2 Å². The highest BCUT2D eigenvalue weighted by Gasteiger charge is 2.06. The van der Waals surface area contributed by atoms with Gasteiger partial charge in [0.15, 0.2) is 7.05 Å². The summed E-state index contributed by atoms with van der Waals surface area (Å²) in [5.41, 5.74) is 3.69. The maximum absolute atomic E-state index is 11.2. The summed E-state index contributed by atoms with van der Waals surface area (Å²) in [5, 5.41) is 13.1. The number of nitrogens with zero attached hydrogens (tertiary/aromatic N) is 5. The van der Waals surface area contributed by atoms with E-state index in [1.54, 1.807) is 11.6 Å². The molecule has 7 nitrogen and oxygen atoms in total. The van der Waals surface area contributed by atoms with Gasteiger partial charge in [-0.2, -0.15) is 0 Å². The van der Waals surface area contributed by atoms with Gasteiger partial charge in [0.25, 0.3) is 10.6 Å². The van der Waals surface area contributed by atoms with E-state index in [9.17, 15) is 4.79 Å². The second kappa shape index (κ2) is 9.07. The zero-order valence-corrected chi connectivity index (χ0v) is 15.0. The largest absolute Gasteiger partial charge is 0.464 e. The molecule has 2 aromatic rings. The molecule has 0 N–H and O–H groups in total. The number of aromatic nitrogens is 2. The van der Waals surface area contributed by atoms with Gasteiger partial charge in [0.05, 0.1) is 12.2 Å². The van der Waals surface area contributed by atoms with Crippen molar-refractivity contribution in [1.82, 2.24) is 5.10 Å². The molecule has 0 aliphatic rings. The van der Waals surface area contributed by atoms with E-state index < -0.39 is 0 Å². The van der Waals surface area contributed by atoms with Crippen LogP contribution in [-0.2, 0) is 16.6 Å². The highest BCUT2D eigenvalue weighted by atomic mass is 32.1. The van der Waals surface area contributed by atoms with Crippen molar-refractivity contribution in [3.05, 3.63) is 29.8 Å². The molecule has 0 amide bonds. The third kappa shape index (κ3) is 5.38. The molecular formula is C16H22N5O2S+. The Hall–Kier alpha value is -2.35. The minimum atomic E-state index is -0.169. The second-order valence-electron chi connectivity index (χ2n) is 5.05. The van der Waals surface area contributed by atoms with E-state index in [0.717, 1.165) is 17.9 Å². The molecule has 24 heavy (non-hydrogen) atoms. The molecule has 0 saturated heterocycles. The summed E-state index contributed by atoms with van der Waals surface area (Å²) < 4.78 is 6.84. The second-order valence-corrected chi connectivity index (χ2v) is 5.86. The smallest absolute Gasteiger partial charge is 0.305 e. The molecule has 0 aliphatic heterocycles. The standard InChI is InChI=1S/C16H22N5O2S/c1-4-15(22)23-11-10-21(5-2)14-8-6-13(7-9-14)17-18-16-19-20(3)12-24-16/h6-9,12H,4-5,10-11H2,1-3H3/q+1/b18-17+. The molecule has 0 bridgehead atoms. The quantitative estimate of drug-likeness (QED) is 0.417. The molecule has 0 spiro atoms. The van der Waals surface area contributed by atoms with Gasteiger partial charge in [0.1, 0.15) is 6.61 Å². The van der Waals surface area contributed by atoms with Gasteiger partial charge in [-0.05, 0) is 42.5 Å². The van der Waals surface area contributed by atoms with Crippen molar-refractivity contribution >= 4 is 33.8 Å². The lowest BCUT2D eigenvalue weighted by Gasteiger charge is -2.22. The van der Waals surface area contributed by atoms with Crippen molar-refractivity contribution in [3.8, 4) is 0 Å². The summed E-state index contributed by atoms with van der Waals surface area (Å²) in [6.45, 7) is 5.75. The predicted octanol–water partition coefficient (Wildman–Crippen LogP) is 3.16. The van der Waals surface area contributed by atoms with Crippen LogP contribution in [0.3, 0.4) is 0 Å². The summed E-state index contributed by atoms with van der Waals surface area (Å²) in [6.07, 6.45) is 0.406. The molecule has 0 atom stereocenters. The van der Waals surface area contributed by atoms with Crippen molar-refractivity contribution in [2.75, 3.05) is 24.6 Å². The van der Waals surface area contributed by atoms with Crippen molar-refractivity contribution in [3.63, 3.8) is 0 Å². The zero-order valence-electron chi connectivity index (χ0n) is 14.2. The van der Waals surface area contributed by atoms with Gasteiger partial charge in [-0.15, -0.1) is 10.2 Å². The fourth-order valence-electron chi connectivity index (χ4n) is 2.02. The highest BCUT2D eigenvalue weighted by molar-refractivity contribution is 7.12. The van der Waals surface area contributed by atoms with E-state index in [1.165, 1.54) is 11.3 Å². The van der Waals surface area contributed by atoms with Crippen molar-refractivity contribution in [1.29, 1.82) is 0 Å². The number of carbonyl (C=O) groups excluding carboxylic acids is 1. The van der Waals surface area contributed by atoms with Gasteiger partial charge in [-0.1, -0.05) is 11.6 Å². The van der Waals surface area contributed by atoms with E-state index in [4.69, 9.17) is 4.74 Å². The van der Waals surface area contributed by atoms with Crippen LogP contribution in [0.2, 0.25) is 0 Å². The summed E-state index contributed by atoms with van der Waals surface area (Å²) in [4.78, 5) is 13.3. The number of hydrogen-bond acceptors (Lipinski definition) is 7. The summed E-state index contributed by atoms with van der Waals surface area (Å²) >= 11 is 1.44. The van der Waals surface area contributed by atoms with Crippen molar-refractivity contribution in [2.45, 2.75) is 20.3 Å². The van der Waals surface area contributed by atoms with E-state index >= 15 is 0 Å². The number of aryl methyl sites for hydroxylation is 1. The number of anilines is 1. The number of hydrogen-bond donors (Lipinski definition) is 0. The van der Waals surface area contributed by atoms with Crippen LogP contribution in [0.5, 0.6) is 0 Å². The molecule has 8 heteroatoms. The number of likely N-dealkylation sites (N-methyl/N-ethyl adjacent to an activating group) is 1. The summed E-state index contributed by atoms with van der Waals surface area (Å²) in [6, 6.07) is 7.79. The fourth-order valence-corrected chi connectivity index (χ4v) is 2.58. The molecular weight excluding hydrogens is 326 g/mol. The number of rotatable bonds is 8. The average Bonchev–Trinajstić information content (AvgIpc) is 3.02. The number of benzene rings is 1. The minimum absolute atomic E-state index is 0.169. The molecule has 1 aromatic heterocycles. The molecule has 1 heterocycles. The Bertz CT molecular complexity index is 684. The Morgan fingerprint density at radius 3 is 2.62 bits per heavy atom. The molecule has 0 saturated carbocycles. The Kier molecular flexibility index (Phi) is 6.80. The van der Waals surface area contributed by atoms with E-state index in [-0.39, 0.29) is 5.97 Å². The highest BCUT2D eigenvalue weighted by Crippen LogP contribution is 2.22. The van der Waals surface area contributed by atoms with Crippen LogP contribution >= 0.6 is 11.3 Å². The van der Waals surface area contributed by atoms with Crippen LogP contribution in [0.15, 0.2) is 40.0 Å². The minimum Gasteiger partial charge on any atom is -0.464 e. The van der Waals surface area contributed by atoms with Crippen LogP contribution in [-0.4, -0.2) is 30.8 Å². The topological polar surface area (TPSA) is 71.0 Å². The lowest BCUT2D eigenvalue weighted by molar-refractivity contribution is -0.724. The number of azo groups is 1. The van der Waals surface area contributed by atoms with Crippen LogP contribution < -0.4 is 9.58 Å². The predicted molar refractivity (Wildman–Crippen MR) is 93.0 cm³/mol. The first-order chi connectivity index (χ1) is 11.6. The zero-order chi connectivity index (χ0) is 17.4. The van der Waals surface area contributed by atoms with Crippen LogP contribution in [0.25, 0.3) is 0 Å². The lowest BCUT2D eigenvalue weighted by atomic mass is 10.2. The molecule has 128 valence electrons. The Balaban J connectivity index is 1.93. The Labute approximate surface area is 145 Å². The maximum Gasteiger partial charge on any atom is 0.305 e. The van der Waals surface area contributed by atoms with Crippen LogP contribution in [0.4, 0.5) is 16.5 Å². The summed E-state index contributed by atoms with van der Waals surface area (Å²) in [5.74, 6) is -0.169. The first-order valence-electron chi connectivity index (χ1n) is 7.86. The summed E-state index contributed by atoms with van der Waals surface area (Å²) in [7, 11) is 1.85. The first-order valence-corrected chi connectivity index (χ1v) is 8.74. The molecule has 2 rings (SSSR count). The third-order valence-electron chi connectivity index (χ3n) is 3.31. The number of ether oxygens (including phenoxy) is 1. The van der Waals surface area contributed by atoms with Gasteiger partial charge < -0.3 is 9.64 Å². The molecule has 0 unspecified atom stereocenters. The van der Waals surface area contributed by atoms with Gasteiger partial charge in [0.2, 0.25) is 0 Å². The van der Waals surface area contributed by atoms with Crippen LogP contribution in [0, 0.1) is 0 Å².